The van der Waals surface area contributed by atoms with E-state index < -0.39 is 17.2 Å². The van der Waals surface area contributed by atoms with Gasteiger partial charge in [0.15, 0.2) is 0 Å². The quantitative estimate of drug-likeness (QED) is 0.778. The number of piperidine rings is 1. The number of rotatable bonds is 1. The maximum atomic E-state index is 12.0. The SMILES string of the molecule is CC(=O)NC1(C#N)CCCN(C(=O)OC(C)(C)C)C1. The van der Waals surface area contributed by atoms with Crippen LogP contribution in [0.4, 0.5) is 4.79 Å². The molecule has 0 aliphatic carbocycles. The number of nitriles is 1. The second kappa shape index (κ2) is 5.47. The third-order valence-corrected chi connectivity index (χ3v) is 2.77. The molecule has 6 heteroatoms. The fourth-order valence-electron chi connectivity index (χ4n) is 2.10. The zero-order chi connectivity index (χ0) is 14.7. The molecule has 2 amide bonds. The van der Waals surface area contributed by atoms with Gasteiger partial charge in [-0.25, -0.2) is 4.79 Å². The molecule has 1 unspecified atom stereocenters. The van der Waals surface area contributed by atoms with E-state index in [0.717, 1.165) is 0 Å². The van der Waals surface area contributed by atoms with E-state index in [9.17, 15) is 14.9 Å². The summed E-state index contributed by atoms with van der Waals surface area (Å²) in [6.45, 7) is 7.45. The summed E-state index contributed by atoms with van der Waals surface area (Å²) in [5.41, 5.74) is -1.57. The van der Waals surface area contributed by atoms with Crippen LogP contribution >= 0.6 is 0 Å². The van der Waals surface area contributed by atoms with Crippen LogP contribution in [0.2, 0.25) is 0 Å². The molecule has 1 atom stereocenters. The van der Waals surface area contributed by atoms with Crippen LogP contribution in [0.3, 0.4) is 0 Å². The third-order valence-electron chi connectivity index (χ3n) is 2.77. The number of likely N-dealkylation sites (tertiary alicyclic amines) is 1. The van der Waals surface area contributed by atoms with Crippen LogP contribution in [0.15, 0.2) is 0 Å². The van der Waals surface area contributed by atoms with Gasteiger partial charge in [0.25, 0.3) is 0 Å². The van der Waals surface area contributed by atoms with Crippen LogP contribution in [-0.2, 0) is 9.53 Å². The molecule has 0 bridgehead atoms. The van der Waals surface area contributed by atoms with Crippen LogP contribution in [0.5, 0.6) is 0 Å². The van der Waals surface area contributed by atoms with Crippen molar-refractivity contribution in [1.82, 2.24) is 10.2 Å². The third kappa shape index (κ3) is 4.43. The van der Waals surface area contributed by atoms with Crippen molar-refractivity contribution in [3.8, 4) is 6.07 Å². The number of nitrogens with zero attached hydrogens (tertiary/aromatic N) is 2. The number of hydrogen-bond acceptors (Lipinski definition) is 4. The second-order valence-corrected chi connectivity index (χ2v) is 5.88. The summed E-state index contributed by atoms with van der Waals surface area (Å²) in [7, 11) is 0. The highest BCUT2D eigenvalue weighted by molar-refractivity contribution is 5.75. The van der Waals surface area contributed by atoms with Crippen LogP contribution in [0.1, 0.15) is 40.5 Å². The van der Waals surface area contributed by atoms with Gasteiger partial charge in [0.05, 0.1) is 12.6 Å². The molecular weight excluding hydrogens is 246 g/mol. The average Bonchev–Trinajstić information content (AvgIpc) is 2.26. The lowest BCUT2D eigenvalue weighted by Crippen LogP contribution is -2.59. The standard InChI is InChI=1S/C13H21N3O3/c1-10(17)15-13(8-14)6-5-7-16(9-13)11(18)19-12(2,3)4/h5-7,9H2,1-4H3,(H,15,17). The Bertz CT molecular complexity index is 408. The summed E-state index contributed by atoms with van der Waals surface area (Å²) in [6, 6.07) is 2.12. The Morgan fingerprint density at radius 1 is 1.42 bits per heavy atom. The molecule has 106 valence electrons. The Morgan fingerprint density at radius 2 is 2.05 bits per heavy atom. The first-order valence-corrected chi connectivity index (χ1v) is 6.35. The minimum absolute atomic E-state index is 0.165. The summed E-state index contributed by atoms with van der Waals surface area (Å²) in [4.78, 5) is 24.6. The molecule has 1 aliphatic rings. The number of ether oxygens (including phenoxy) is 1. The second-order valence-electron chi connectivity index (χ2n) is 5.88. The van der Waals surface area contributed by atoms with Crippen molar-refractivity contribution >= 4 is 12.0 Å². The molecule has 0 spiro atoms. The van der Waals surface area contributed by atoms with Gasteiger partial charge in [-0.2, -0.15) is 5.26 Å². The first kappa shape index (κ1) is 15.3. The van der Waals surface area contributed by atoms with Crippen LogP contribution in [-0.4, -0.2) is 41.1 Å². The summed E-state index contributed by atoms with van der Waals surface area (Å²) in [5.74, 6) is -0.271. The predicted molar refractivity (Wildman–Crippen MR) is 69.2 cm³/mol. The van der Waals surface area contributed by atoms with Gasteiger partial charge in [-0.1, -0.05) is 0 Å². The Balaban J connectivity index is 2.76. The molecule has 0 aromatic heterocycles. The maximum Gasteiger partial charge on any atom is 0.410 e. The van der Waals surface area contributed by atoms with Crippen molar-refractivity contribution in [1.29, 1.82) is 5.26 Å². The van der Waals surface area contributed by atoms with Gasteiger partial charge in [-0.3, -0.25) is 4.79 Å². The maximum absolute atomic E-state index is 12.0. The van der Waals surface area contributed by atoms with E-state index in [1.807, 2.05) is 0 Å². The van der Waals surface area contributed by atoms with Gasteiger partial charge in [0.2, 0.25) is 5.91 Å². The molecule has 1 rings (SSSR count). The number of amides is 2. The van der Waals surface area contributed by atoms with Crippen molar-refractivity contribution in [3.05, 3.63) is 0 Å². The largest absolute Gasteiger partial charge is 0.444 e. The van der Waals surface area contributed by atoms with E-state index >= 15 is 0 Å². The molecule has 0 radical (unpaired) electrons. The molecule has 19 heavy (non-hydrogen) atoms. The number of nitrogens with one attached hydrogen (secondary N) is 1. The van der Waals surface area contributed by atoms with E-state index in [4.69, 9.17) is 4.74 Å². The Labute approximate surface area is 113 Å². The number of carbonyl (C=O) groups excluding carboxylic acids is 2. The van der Waals surface area contributed by atoms with Gasteiger partial charge in [0.1, 0.15) is 11.1 Å². The topological polar surface area (TPSA) is 82.4 Å². The summed E-state index contributed by atoms with van der Waals surface area (Å²) < 4.78 is 5.28. The van der Waals surface area contributed by atoms with Crippen molar-refractivity contribution in [2.75, 3.05) is 13.1 Å². The van der Waals surface area contributed by atoms with E-state index in [1.54, 1.807) is 20.8 Å². The molecule has 1 saturated heterocycles. The summed E-state index contributed by atoms with van der Waals surface area (Å²) in [6.07, 6.45) is 0.757. The Hall–Kier alpha value is -1.77. The minimum Gasteiger partial charge on any atom is -0.444 e. The first-order valence-electron chi connectivity index (χ1n) is 6.35. The van der Waals surface area contributed by atoms with Gasteiger partial charge < -0.3 is 15.0 Å². The van der Waals surface area contributed by atoms with Crippen molar-refractivity contribution in [2.45, 2.75) is 51.7 Å². The van der Waals surface area contributed by atoms with Gasteiger partial charge in [-0.15, -0.1) is 0 Å². The monoisotopic (exact) mass is 267 g/mol. The van der Waals surface area contributed by atoms with Crippen molar-refractivity contribution in [2.24, 2.45) is 0 Å². The smallest absolute Gasteiger partial charge is 0.410 e. The fourth-order valence-corrected chi connectivity index (χ4v) is 2.10. The van der Waals surface area contributed by atoms with Gasteiger partial charge >= 0.3 is 6.09 Å². The highest BCUT2D eigenvalue weighted by atomic mass is 16.6. The molecule has 0 aromatic rings. The zero-order valence-electron chi connectivity index (χ0n) is 11.9. The first-order chi connectivity index (χ1) is 8.67. The predicted octanol–water partition coefficient (Wildman–Crippen LogP) is 1.42. The highest BCUT2D eigenvalue weighted by Gasteiger charge is 2.39. The molecule has 0 aromatic carbocycles. The fraction of sp³-hybridized carbons (Fsp3) is 0.769. The van der Waals surface area contributed by atoms with Crippen molar-refractivity contribution < 1.29 is 14.3 Å². The molecule has 1 heterocycles. The lowest BCUT2D eigenvalue weighted by atomic mass is 9.90. The molecule has 6 nitrogen and oxygen atoms in total. The van der Waals surface area contributed by atoms with E-state index in [2.05, 4.69) is 11.4 Å². The Kier molecular flexibility index (Phi) is 4.40. The molecule has 1 aliphatic heterocycles. The van der Waals surface area contributed by atoms with E-state index in [-0.39, 0.29) is 12.5 Å². The lowest BCUT2D eigenvalue weighted by Gasteiger charge is -2.38. The van der Waals surface area contributed by atoms with Crippen LogP contribution in [0.25, 0.3) is 0 Å². The Morgan fingerprint density at radius 3 is 2.53 bits per heavy atom. The van der Waals surface area contributed by atoms with E-state index in [1.165, 1.54) is 11.8 Å². The zero-order valence-corrected chi connectivity index (χ0v) is 11.9. The molecule has 1 N–H and O–H groups in total. The summed E-state index contributed by atoms with van der Waals surface area (Å²) >= 11 is 0. The molecule has 1 fully saturated rings. The summed E-state index contributed by atoms with van der Waals surface area (Å²) in [5, 5.41) is 11.9. The normalized spacial score (nSPS) is 23.4. The van der Waals surface area contributed by atoms with Crippen LogP contribution < -0.4 is 5.32 Å². The van der Waals surface area contributed by atoms with E-state index in [0.29, 0.717) is 19.4 Å². The average molecular weight is 267 g/mol. The van der Waals surface area contributed by atoms with Crippen molar-refractivity contribution in [3.63, 3.8) is 0 Å². The van der Waals surface area contributed by atoms with Crippen LogP contribution in [0, 0.1) is 11.3 Å². The number of hydrogen-bond donors (Lipinski definition) is 1. The number of carbonyl (C=O) groups is 2. The highest BCUT2D eigenvalue weighted by Crippen LogP contribution is 2.22. The minimum atomic E-state index is -0.999. The molecule has 0 saturated carbocycles. The van der Waals surface area contributed by atoms with Gasteiger partial charge in [-0.05, 0) is 33.6 Å². The van der Waals surface area contributed by atoms with Gasteiger partial charge in [0, 0.05) is 13.5 Å². The lowest BCUT2D eigenvalue weighted by molar-refractivity contribution is -0.120. The molecular formula is C13H21N3O3.